The van der Waals surface area contributed by atoms with E-state index in [1.165, 1.54) is 0 Å². The summed E-state index contributed by atoms with van der Waals surface area (Å²) in [5, 5.41) is 0. The van der Waals surface area contributed by atoms with Crippen LogP contribution in [0.1, 0.15) is 20.8 Å². The van der Waals surface area contributed by atoms with Crippen molar-refractivity contribution in [2.75, 3.05) is 19.8 Å². The molecule has 0 spiro atoms. The van der Waals surface area contributed by atoms with Gasteiger partial charge in [0.15, 0.2) is 0 Å². The minimum absolute atomic E-state index is 0. The van der Waals surface area contributed by atoms with Gasteiger partial charge in [-0.1, -0.05) is 0 Å². The second kappa shape index (κ2) is 10.9. The minimum atomic E-state index is -0.472. The molecule has 0 saturated carbocycles. The molecule has 0 aromatic carbocycles. The molecule has 0 aromatic rings. The van der Waals surface area contributed by atoms with E-state index in [1.807, 2.05) is 20.8 Å². The van der Waals surface area contributed by atoms with Gasteiger partial charge < -0.3 is 14.0 Å². The summed E-state index contributed by atoms with van der Waals surface area (Å²) in [5.41, 5.74) is 0. The first kappa shape index (κ1) is 14.5. The van der Waals surface area contributed by atoms with Gasteiger partial charge in [-0.25, -0.2) is 0 Å². The maximum atomic E-state index is 5.08. The SMILES string of the molecule is CCO[B-](OCC)OCC.[Na+]. The van der Waals surface area contributed by atoms with Crippen LogP contribution in [0.25, 0.3) is 0 Å². The fourth-order valence-corrected chi connectivity index (χ4v) is 0.553. The van der Waals surface area contributed by atoms with Gasteiger partial charge in [0.25, 0.3) is 0 Å². The van der Waals surface area contributed by atoms with Gasteiger partial charge in [0, 0.05) is 0 Å². The topological polar surface area (TPSA) is 27.7 Å². The first-order valence-corrected chi connectivity index (χ1v) is 3.69. The molecule has 0 heterocycles. The molecule has 0 amide bonds. The zero-order chi connectivity index (χ0) is 7.82. The third-order valence-electron chi connectivity index (χ3n) is 0.908. The van der Waals surface area contributed by atoms with Crippen molar-refractivity contribution in [2.24, 2.45) is 0 Å². The molecule has 0 unspecified atom stereocenters. The minimum Gasteiger partial charge on any atom is -0.567 e. The average Bonchev–Trinajstić information content (AvgIpc) is 1.90. The Morgan fingerprint density at radius 3 is 1.27 bits per heavy atom. The van der Waals surface area contributed by atoms with Crippen molar-refractivity contribution in [1.82, 2.24) is 0 Å². The third-order valence-corrected chi connectivity index (χ3v) is 0.908. The van der Waals surface area contributed by atoms with Crippen LogP contribution in [0, 0.1) is 0 Å². The van der Waals surface area contributed by atoms with Crippen LogP contribution in [0.15, 0.2) is 0 Å². The largest absolute Gasteiger partial charge is 1.00 e. The predicted molar refractivity (Wildman–Crippen MR) is 40.6 cm³/mol. The Labute approximate surface area is 91.2 Å². The van der Waals surface area contributed by atoms with Crippen LogP contribution in [-0.2, 0) is 14.0 Å². The molecule has 61 valence electrons. The molecule has 0 aliphatic carbocycles. The summed E-state index contributed by atoms with van der Waals surface area (Å²) >= 11 is 0. The Morgan fingerprint density at radius 2 is 1.09 bits per heavy atom. The van der Waals surface area contributed by atoms with E-state index >= 15 is 0 Å². The van der Waals surface area contributed by atoms with E-state index < -0.39 is 7.32 Å². The number of hydrogen-bond donors (Lipinski definition) is 0. The van der Waals surface area contributed by atoms with Crippen LogP contribution in [0.5, 0.6) is 0 Å². The second-order valence-corrected chi connectivity index (χ2v) is 1.65. The van der Waals surface area contributed by atoms with Crippen molar-refractivity contribution in [3.8, 4) is 0 Å². The van der Waals surface area contributed by atoms with E-state index in [9.17, 15) is 0 Å². The van der Waals surface area contributed by atoms with Crippen molar-refractivity contribution in [1.29, 1.82) is 0 Å². The maximum Gasteiger partial charge on any atom is 1.00 e. The van der Waals surface area contributed by atoms with E-state index in [4.69, 9.17) is 14.0 Å². The van der Waals surface area contributed by atoms with Crippen molar-refractivity contribution in [3.05, 3.63) is 0 Å². The standard InChI is InChI=1S/C6H15BO3.Na/c1-4-8-7(9-5-2)10-6-3;/h4-6H2,1-3H3;/q-1;+1. The van der Waals surface area contributed by atoms with Gasteiger partial charge in [-0.15, -0.1) is 0 Å². The van der Waals surface area contributed by atoms with E-state index in [2.05, 4.69) is 0 Å². The number of hydrogen-bond acceptors (Lipinski definition) is 3. The first-order valence-electron chi connectivity index (χ1n) is 3.69. The van der Waals surface area contributed by atoms with Crippen molar-refractivity contribution in [3.63, 3.8) is 0 Å². The molecular formula is C6H15BNaO3. The van der Waals surface area contributed by atoms with Crippen LogP contribution in [0.3, 0.4) is 0 Å². The summed E-state index contributed by atoms with van der Waals surface area (Å²) in [7, 11) is -0.472. The van der Waals surface area contributed by atoms with Gasteiger partial charge in [-0.3, -0.25) is 0 Å². The van der Waals surface area contributed by atoms with Crippen molar-refractivity contribution < 1.29 is 43.5 Å². The Morgan fingerprint density at radius 1 is 0.818 bits per heavy atom. The van der Waals surface area contributed by atoms with Crippen LogP contribution in [0.4, 0.5) is 0 Å². The molecule has 0 fully saturated rings. The quantitative estimate of drug-likeness (QED) is 0.434. The van der Waals surface area contributed by atoms with Gasteiger partial charge in [-0.2, -0.15) is 0 Å². The van der Waals surface area contributed by atoms with Gasteiger partial charge in [0.05, 0.1) is 0 Å². The zero-order valence-corrected chi connectivity index (χ0v) is 9.92. The molecular weight excluding hydrogens is 154 g/mol. The zero-order valence-electron chi connectivity index (χ0n) is 7.92. The summed E-state index contributed by atoms with van der Waals surface area (Å²) in [6.45, 7) is 7.57. The van der Waals surface area contributed by atoms with E-state index in [1.54, 1.807) is 0 Å². The average molecular weight is 169 g/mol. The molecule has 11 heavy (non-hydrogen) atoms. The van der Waals surface area contributed by atoms with Crippen molar-refractivity contribution >= 4 is 7.32 Å². The predicted octanol–water partition coefficient (Wildman–Crippen LogP) is -1.92. The normalized spacial score (nSPS) is 9.82. The molecule has 0 aliphatic heterocycles. The summed E-state index contributed by atoms with van der Waals surface area (Å²) in [5.74, 6) is 0. The molecule has 0 N–H and O–H groups in total. The van der Waals surface area contributed by atoms with E-state index in [0.717, 1.165) is 0 Å². The number of rotatable bonds is 6. The molecule has 0 saturated heterocycles. The second-order valence-electron chi connectivity index (χ2n) is 1.65. The van der Waals surface area contributed by atoms with Crippen LogP contribution < -0.4 is 29.6 Å². The molecule has 0 rings (SSSR count). The van der Waals surface area contributed by atoms with Crippen LogP contribution in [-0.4, -0.2) is 27.1 Å². The van der Waals surface area contributed by atoms with Gasteiger partial charge in [0.1, 0.15) is 0 Å². The van der Waals surface area contributed by atoms with Gasteiger partial charge in [-0.05, 0) is 40.6 Å². The Bertz CT molecular complexity index is 60.6. The first-order chi connectivity index (χ1) is 4.85. The molecule has 0 bridgehead atoms. The summed E-state index contributed by atoms with van der Waals surface area (Å²) in [6, 6.07) is 0. The van der Waals surface area contributed by atoms with Crippen molar-refractivity contribution in [2.45, 2.75) is 20.8 Å². The van der Waals surface area contributed by atoms with Crippen LogP contribution >= 0.6 is 0 Å². The third kappa shape index (κ3) is 8.85. The Balaban J connectivity index is 0. The van der Waals surface area contributed by atoms with Gasteiger partial charge >= 0.3 is 36.9 Å². The van der Waals surface area contributed by atoms with Gasteiger partial charge in [0.2, 0.25) is 0 Å². The molecule has 0 aliphatic rings. The summed E-state index contributed by atoms with van der Waals surface area (Å²) < 4.78 is 15.2. The maximum absolute atomic E-state index is 5.08. The summed E-state index contributed by atoms with van der Waals surface area (Å²) in [6.07, 6.45) is 0. The fourth-order valence-electron chi connectivity index (χ4n) is 0.553. The molecule has 1 radical (unpaired) electrons. The molecule has 5 heteroatoms. The Hall–Kier alpha value is 0.945. The van der Waals surface area contributed by atoms with E-state index in [-0.39, 0.29) is 29.6 Å². The molecule has 0 aromatic heterocycles. The van der Waals surface area contributed by atoms with E-state index in [0.29, 0.717) is 19.8 Å². The monoisotopic (exact) mass is 169 g/mol. The van der Waals surface area contributed by atoms with Crippen LogP contribution in [0.2, 0.25) is 0 Å². The fraction of sp³-hybridized carbons (Fsp3) is 1.00. The molecule has 3 nitrogen and oxygen atoms in total. The molecule has 0 atom stereocenters. The smallest absolute Gasteiger partial charge is 0.567 e. The summed E-state index contributed by atoms with van der Waals surface area (Å²) in [4.78, 5) is 0. The Kier molecular flexibility index (Phi) is 14.4.